The predicted molar refractivity (Wildman–Crippen MR) is 99.1 cm³/mol. The fourth-order valence-electron chi connectivity index (χ4n) is 2.89. The van der Waals surface area contributed by atoms with Gasteiger partial charge in [-0.15, -0.1) is 0 Å². The zero-order valence-corrected chi connectivity index (χ0v) is 15.0. The van der Waals surface area contributed by atoms with Gasteiger partial charge < -0.3 is 9.47 Å². The zero-order chi connectivity index (χ0) is 16.8. The molecule has 3 nitrogen and oxygen atoms in total. The number of ether oxygens (including phenoxy) is 2. The van der Waals surface area contributed by atoms with Gasteiger partial charge in [-0.05, 0) is 43.0 Å². The van der Waals surface area contributed by atoms with Crippen LogP contribution < -0.4 is 0 Å². The van der Waals surface area contributed by atoms with E-state index in [1.54, 1.807) is 0 Å². The Labute approximate surface area is 153 Å². The molecule has 0 aliphatic carbocycles. The van der Waals surface area contributed by atoms with Gasteiger partial charge in [-0.25, -0.2) is 0 Å². The monoisotopic (exact) mass is 365 g/mol. The van der Waals surface area contributed by atoms with E-state index in [-0.39, 0.29) is 12.4 Å². The lowest BCUT2D eigenvalue weighted by atomic mass is 10.1. The molecule has 1 aromatic carbocycles. The second-order valence-electron chi connectivity index (χ2n) is 5.93. The molecule has 2 atom stereocenters. The van der Waals surface area contributed by atoms with Crippen LogP contribution in [0.15, 0.2) is 47.0 Å². The van der Waals surface area contributed by atoms with E-state index in [4.69, 9.17) is 32.7 Å². The van der Waals surface area contributed by atoms with E-state index < -0.39 is 0 Å². The number of rotatable bonds is 6. The van der Waals surface area contributed by atoms with Crippen LogP contribution in [-0.4, -0.2) is 25.7 Å². The first kappa shape index (κ1) is 17.7. The summed E-state index contributed by atoms with van der Waals surface area (Å²) in [5, 5.41) is 1.13. The minimum absolute atomic E-state index is 0.0365. The Balaban J connectivity index is 1.40. The highest BCUT2D eigenvalue weighted by atomic mass is 35.5. The van der Waals surface area contributed by atoms with E-state index in [1.165, 1.54) is 5.57 Å². The Hall–Kier alpha value is -1.13. The summed E-state index contributed by atoms with van der Waals surface area (Å²) in [7, 11) is 0. The maximum Gasteiger partial charge on any atom is 0.158 e. The molecule has 0 radical (unpaired) electrons. The highest BCUT2D eigenvalue weighted by Crippen LogP contribution is 2.35. The van der Waals surface area contributed by atoms with Gasteiger partial charge in [0.2, 0.25) is 0 Å². The maximum absolute atomic E-state index is 6.08. The summed E-state index contributed by atoms with van der Waals surface area (Å²) in [6, 6.07) is 5.66. The summed E-state index contributed by atoms with van der Waals surface area (Å²) in [5.74, 6) is 0. The van der Waals surface area contributed by atoms with Crippen molar-refractivity contribution in [3.05, 3.63) is 57.6 Å². The van der Waals surface area contributed by atoms with Crippen molar-refractivity contribution in [3.63, 3.8) is 0 Å². The highest BCUT2D eigenvalue weighted by Gasteiger charge is 2.27. The lowest BCUT2D eigenvalue weighted by Gasteiger charge is -2.15. The first-order valence-electron chi connectivity index (χ1n) is 8.30. The van der Waals surface area contributed by atoms with Crippen LogP contribution in [0, 0.1) is 0 Å². The predicted octanol–water partition coefficient (Wildman–Crippen LogP) is 5.53. The number of benzene rings is 1. The Morgan fingerprint density at radius 3 is 3.00 bits per heavy atom. The molecule has 5 heteroatoms. The van der Waals surface area contributed by atoms with Gasteiger partial charge in [0, 0.05) is 12.6 Å². The van der Waals surface area contributed by atoms with Crippen LogP contribution in [0.1, 0.15) is 37.4 Å². The molecule has 2 aliphatic rings. The average Bonchev–Trinajstić information content (AvgIpc) is 2.90. The zero-order valence-electron chi connectivity index (χ0n) is 13.5. The lowest BCUT2D eigenvalue weighted by molar-refractivity contribution is -0.135. The SMILES string of the molecule is Clc1ccc(C2CCC(OCCCC3=CCN=CC=C3)O2)cc1Cl. The van der Waals surface area contributed by atoms with Gasteiger partial charge in [0.1, 0.15) is 0 Å². The minimum Gasteiger partial charge on any atom is -0.353 e. The Morgan fingerprint density at radius 1 is 1.21 bits per heavy atom. The third-order valence-electron chi connectivity index (χ3n) is 4.17. The molecule has 0 spiro atoms. The fourth-order valence-corrected chi connectivity index (χ4v) is 3.20. The van der Waals surface area contributed by atoms with Crippen LogP contribution in [0.25, 0.3) is 0 Å². The number of allylic oxidation sites excluding steroid dienone is 3. The van der Waals surface area contributed by atoms with Crippen molar-refractivity contribution in [1.82, 2.24) is 0 Å². The van der Waals surface area contributed by atoms with E-state index in [0.717, 1.165) is 37.8 Å². The second-order valence-corrected chi connectivity index (χ2v) is 6.75. The fraction of sp³-hybridized carbons (Fsp3) is 0.421. The molecule has 1 aromatic rings. The Kier molecular flexibility index (Phi) is 6.50. The van der Waals surface area contributed by atoms with Crippen molar-refractivity contribution in [3.8, 4) is 0 Å². The van der Waals surface area contributed by atoms with Crippen LogP contribution in [0.2, 0.25) is 10.0 Å². The Morgan fingerprint density at radius 2 is 2.12 bits per heavy atom. The van der Waals surface area contributed by atoms with Crippen molar-refractivity contribution in [2.24, 2.45) is 4.99 Å². The number of nitrogens with zero attached hydrogens (tertiary/aromatic N) is 1. The molecule has 0 saturated carbocycles. The largest absolute Gasteiger partial charge is 0.353 e. The van der Waals surface area contributed by atoms with Gasteiger partial charge in [0.25, 0.3) is 0 Å². The van der Waals surface area contributed by atoms with E-state index in [2.05, 4.69) is 17.1 Å². The molecule has 128 valence electrons. The summed E-state index contributed by atoms with van der Waals surface area (Å²) in [6.07, 6.45) is 11.8. The molecule has 3 rings (SSSR count). The number of hydrogen-bond acceptors (Lipinski definition) is 3. The first-order valence-corrected chi connectivity index (χ1v) is 9.05. The molecule has 2 unspecified atom stereocenters. The van der Waals surface area contributed by atoms with Gasteiger partial charge in [-0.3, -0.25) is 4.99 Å². The summed E-state index contributed by atoms with van der Waals surface area (Å²) in [4.78, 5) is 4.20. The average molecular weight is 366 g/mol. The summed E-state index contributed by atoms with van der Waals surface area (Å²) < 4.78 is 11.8. The quantitative estimate of drug-likeness (QED) is 0.620. The first-order chi connectivity index (χ1) is 11.7. The molecule has 0 N–H and O–H groups in total. The molecule has 0 aromatic heterocycles. The number of halogens is 2. The van der Waals surface area contributed by atoms with Crippen molar-refractivity contribution in [2.45, 2.75) is 38.1 Å². The second kappa shape index (κ2) is 8.82. The summed E-state index contributed by atoms with van der Waals surface area (Å²) in [5.41, 5.74) is 2.38. The van der Waals surface area contributed by atoms with Crippen LogP contribution >= 0.6 is 23.2 Å². The van der Waals surface area contributed by atoms with Crippen LogP contribution in [0.5, 0.6) is 0 Å². The normalized spacial score (nSPS) is 23.3. The number of aliphatic imine (C=N–C) groups is 1. The van der Waals surface area contributed by atoms with Crippen molar-refractivity contribution >= 4 is 29.4 Å². The van der Waals surface area contributed by atoms with E-state index in [0.29, 0.717) is 16.7 Å². The standard InChI is InChI=1S/C19H21Cl2NO2/c20-16-6-5-15(13-17(16)21)18-7-8-19(24-18)23-12-2-4-14-3-1-10-22-11-9-14/h1,3,5-6,9-10,13,18-19H,2,4,7-8,11-12H2. The van der Waals surface area contributed by atoms with E-state index in [1.807, 2.05) is 30.5 Å². The van der Waals surface area contributed by atoms with Gasteiger partial charge in [0.15, 0.2) is 6.29 Å². The van der Waals surface area contributed by atoms with Crippen LogP contribution in [-0.2, 0) is 9.47 Å². The third kappa shape index (κ3) is 4.93. The van der Waals surface area contributed by atoms with Crippen molar-refractivity contribution < 1.29 is 9.47 Å². The molecule has 2 heterocycles. The van der Waals surface area contributed by atoms with Gasteiger partial charge in [0.05, 0.1) is 29.3 Å². The molecule has 1 saturated heterocycles. The molecular weight excluding hydrogens is 345 g/mol. The van der Waals surface area contributed by atoms with E-state index in [9.17, 15) is 0 Å². The Bertz CT molecular complexity index is 655. The summed E-state index contributed by atoms with van der Waals surface area (Å²) >= 11 is 12.0. The maximum atomic E-state index is 6.08. The molecule has 0 bridgehead atoms. The van der Waals surface area contributed by atoms with Crippen LogP contribution in [0.3, 0.4) is 0 Å². The van der Waals surface area contributed by atoms with Gasteiger partial charge in [-0.1, -0.05) is 47.0 Å². The minimum atomic E-state index is -0.133. The molecule has 2 aliphatic heterocycles. The van der Waals surface area contributed by atoms with Gasteiger partial charge in [-0.2, -0.15) is 0 Å². The van der Waals surface area contributed by atoms with Crippen LogP contribution in [0.4, 0.5) is 0 Å². The molecule has 24 heavy (non-hydrogen) atoms. The molecular formula is C19H21Cl2NO2. The molecule has 0 amide bonds. The smallest absolute Gasteiger partial charge is 0.158 e. The summed E-state index contributed by atoms with van der Waals surface area (Å²) in [6.45, 7) is 1.46. The topological polar surface area (TPSA) is 30.8 Å². The van der Waals surface area contributed by atoms with Crippen molar-refractivity contribution in [2.75, 3.05) is 13.2 Å². The highest BCUT2D eigenvalue weighted by molar-refractivity contribution is 6.42. The van der Waals surface area contributed by atoms with Crippen molar-refractivity contribution in [1.29, 1.82) is 0 Å². The third-order valence-corrected chi connectivity index (χ3v) is 4.91. The molecule has 1 fully saturated rings. The van der Waals surface area contributed by atoms with Gasteiger partial charge >= 0.3 is 0 Å². The van der Waals surface area contributed by atoms with E-state index >= 15 is 0 Å². The number of hydrogen-bond donors (Lipinski definition) is 0. The lowest BCUT2D eigenvalue weighted by Crippen LogP contribution is -2.12.